The molecule has 1 aromatic carbocycles. The first kappa shape index (κ1) is 15.3. The Balaban J connectivity index is 2.88. The first-order valence-electron chi connectivity index (χ1n) is 5.52. The zero-order chi connectivity index (χ0) is 14.8. The zero-order valence-electron chi connectivity index (χ0n) is 11.2. The molecule has 0 saturated carbocycles. The molecule has 2 N–H and O–H groups in total. The van der Waals surface area contributed by atoms with E-state index in [4.69, 9.17) is 4.74 Å². The number of sulfonamides is 1. The third-order valence-corrected chi connectivity index (χ3v) is 2.79. The average Bonchev–Trinajstić information content (AvgIpc) is 2.11. The van der Waals surface area contributed by atoms with Gasteiger partial charge in [-0.05, 0) is 17.0 Å². The van der Waals surface area contributed by atoms with Gasteiger partial charge in [-0.25, -0.2) is 17.9 Å². The van der Waals surface area contributed by atoms with Crippen LogP contribution in [0.15, 0.2) is 18.2 Å². The van der Waals surface area contributed by atoms with Gasteiger partial charge in [0.25, 0.3) is 0 Å². The lowest BCUT2D eigenvalue weighted by Gasteiger charge is -2.20. The molecule has 0 aromatic heterocycles. The maximum atomic E-state index is 11.2. The molecular formula is C12H17NO5S. The molecule has 7 heteroatoms. The number of carbonyl (C=O) groups excluding carboxylic acids is 1. The molecule has 0 aliphatic carbocycles. The summed E-state index contributed by atoms with van der Waals surface area (Å²) in [6, 6.07) is 4.38. The van der Waals surface area contributed by atoms with Gasteiger partial charge in [0, 0.05) is 6.07 Å². The van der Waals surface area contributed by atoms with Crippen LogP contribution in [0, 0.1) is 0 Å². The van der Waals surface area contributed by atoms with Gasteiger partial charge in [-0.1, -0.05) is 26.8 Å². The van der Waals surface area contributed by atoms with E-state index >= 15 is 0 Å². The predicted molar refractivity (Wildman–Crippen MR) is 70.8 cm³/mol. The number of carbonyl (C=O) groups is 1. The Morgan fingerprint density at radius 2 is 1.89 bits per heavy atom. The van der Waals surface area contributed by atoms with Gasteiger partial charge >= 0.3 is 6.09 Å². The van der Waals surface area contributed by atoms with E-state index < -0.39 is 16.1 Å². The Bertz CT molecular complexity index is 587. The van der Waals surface area contributed by atoms with Crippen molar-refractivity contribution in [2.24, 2.45) is 0 Å². The quantitative estimate of drug-likeness (QED) is 0.864. The topological polar surface area (TPSA) is 92.7 Å². The molecule has 1 rings (SSSR count). The highest BCUT2D eigenvalue weighted by Crippen LogP contribution is 2.33. The molecule has 0 fully saturated rings. The van der Waals surface area contributed by atoms with E-state index in [1.165, 1.54) is 12.1 Å². The second-order valence-electron chi connectivity index (χ2n) is 5.19. The number of phenolic OH excluding ortho intramolecular Hbond substituents is 1. The number of hydrogen-bond donors (Lipinski definition) is 2. The lowest BCUT2D eigenvalue weighted by molar-refractivity contribution is 0.206. The monoisotopic (exact) mass is 287 g/mol. The Labute approximate surface area is 112 Å². The predicted octanol–water partition coefficient (Wildman–Crippen LogP) is 1.74. The van der Waals surface area contributed by atoms with E-state index in [0.717, 1.165) is 6.26 Å². The van der Waals surface area contributed by atoms with Crippen molar-refractivity contribution in [3.8, 4) is 11.5 Å². The highest BCUT2D eigenvalue weighted by molar-refractivity contribution is 7.89. The van der Waals surface area contributed by atoms with Crippen LogP contribution >= 0.6 is 0 Å². The van der Waals surface area contributed by atoms with E-state index in [1.807, 2.05) is 20.8 Å². The molecule has 0 aliphatic rings. The molecule has 0 bridgehead atoms. The summed E-state index contributed by atoms with van der Waals surface area (Å²) in [6.45, 7) is 5.79. The van der Waals surface area contributed by atoms with Gasteiger partial charge in [0.15, 0.2) is 0 Å². The van der Waals surface area contributed by atoms with Crippen LogP contribution in [0.1, 0.15) is 26.3 Å². The molecule has 0 aliphatic heterocycles. The summed E-state index contributed by atoms with van der Waals surface area (Å²) >= 11 is 0. The molecule has 1 amide bonds. The van der Waals surface area contributed by atoms with Crippen molar-refractivity contribution in [2.45, 2.75) is 26.2 Å². The van der Waals surface area contributed by atoms with Gasteiger partial charge in [-0.3, -0.25) is 0 Å². The van der Waals surface area contributed by atoms with Crippen LogP contribution in [0.4, 0.5) is 4.79 Å². The average molecular weight is 287 g/mol. The minimum Gasteiger partial charge on any atom is -0.508 e. The van der Waals surface area contributed by atoms with Crippen LogP contribution in [-0.4, -0.2) is 25.9 Å². The second kappa shape index (κ2) is 5.08. The Hall–Kier alpha value is -1.76. The molecule has 0 spiro atoms. The van der Waals surface area contributed by atoms with Crippen molar-refractivity contribution >= 4 is 16.1 Å². The fourth-order valence-corrected chi connectivity index (χ4v) is 1.83. The first-order chi connectivity index (χ1) is 8.49. The highest BCUT2D eigenvalue weighted by atomic mass is 32.2. The summed E-state index contributed by atoms with van der Waals surface area (Å²) in [5, 5.41) is 9.84. The highest BCUT2D eigenvalue weighted by Gasteiger charge is 2.19. The fraction of sp³-hybridized carbons (Fsp3) is 0.417. The lowest BCUT2D eigenvalue weighted by Crippen LogP contribution is -2.31. The number of nitrogens with one attached hydrogen (secondary N) is 1. The Morgan fingerprint density at radius 1 is 1.32 bits per heavy atom. The fourth-order valence-electron chi connectivity index (χ4n) is 1.49. The SMILES string of the molecule is CC(C)(C)c1ccc(OC(=O)NS(C)(=O)=O)cc1O. The lowest BCUT2D eigenvalue weighted by atomic mass is 9.86. The third kappa shape index (κ3) is 4.78. The molecule has 0 radical (unpaired) electrons. The minimum absolute atomic E-state index is 0.0165. The molecule has 0 heterocycles. The molecular weight excluding hydrogens is 270 g/mol. The smallest absolute Gasteiger partial charge is 0.426 e. The van der Waals surface area contributed by atoms with Gasteiger partial charge in [0.2, 0.25) is 10.0 Å². The van der Waals surface area contributed by atoms with Crippen LogP contribution in [0.3, 0.4) is 0 Å². The van der Waals surface area contributed by atoms with Crippen LogP contribution in [0.5, 0.6) is 11.5 Å². The van der Waals surface area contributed by atoms with Crippen molar-refractivity contribution in [1.82, 2.24) is 4.72 Å². The van der Waals surface area contributed by atoms with E-state index in [1.54, 1.807) is 10.8 Å². The Kier molecular flexibility index (Phi) is 4.09. The normalized spacial score (nSPS) is 12.0. The third-order valence-electron chi connectivity index (χ3n) is 2.26. The van der Waals surface area contributed by atoms with Crippen molar-refractivity contribution in [1.29, 1.82) is 0 Å². The number of ether oxygens (including phenoxy) is 1. The second-order valence-corrected chi connectivity index (χ2v) is 6.94. The Morgan fingerprint density at radius 3 is 2.32 bits per heavy atom. The summed E-state index contributed by atoms with van der Waals surface area (Å²) in [6.07, 6.45) is -0.278. The summed E-state index contributed by atoms with van der Waals surface area (Å²) in [7, 11) is -3.67. The largest absolute Gasteiger partial charge is 0.508 e. The number of aromatic hydroxyl groups is 1. The molecule has 106 valence electrons. The van der Waals surface area contributed by atoms with Crippen molar-refractivity contribution in [3.63, 3.8) is 0 Å². The molecule has 0 saturated heterocycles. The molecule has 0 atom stereocenters. The van der Waals surface area contributed by atoms with E-state index in [2.05, 4.69) is 0 Å². The molecule has 19 heavy (non-hydrogen) atoms. The van der Waals surface area contributed by atoms with Crippen LogP contribution < -0.4 is 9.46 Å². The van der Waals surface area contributed by atoms with Gasteiger partial charge in [0.05, 0.1) is 6.26 Å². The summed E-state index contributed by atoms with van der Waals surface area (Å²) in [4.78, 5) is 11.2. The van der Waals surface area contributed by atoms with Gasteiger partial charge < -0.3 is 9.84 Å². The van der Waals surface area contributed by atoms with Gasteiger partial charge in [-0.15, -0.1) is 0 Å². The number of hydrogen-bond acceptors (Lipinski definition) is 5. The number of benzene rings is 1. The van der Waals surface area contributed by atoms with Crippen molar-refractivity contribution < 1.29 is 23.1 Å². The number of amides is 1. The summed E-state index contributed by atoms with van der Waals surface area (Å²) in [5.41, 5.74) is 0.445. The maximum Gasteiger partial charge on any atom is 0.426 e. The molecule has 1 aromatic rings. The van der Waals surface area contributed by atoms with E-state index in [-0.39, 0.29) is 16.9 Å². The van der Waals surface area contributed by atoms with E-state index in [9.17, 15) is 18.3 Å². The van der Waals surface area contributed by atoms with Crippen LogP contribution in [-0.2, 0) is 15.4 Å². The summed E-state index contributed by atoms with van der Waals surface area (Å²) < 4.78 is 28.1. The van der Waals surface area contributed by atoms with Crippen LogP contribution in [0.25, 0.3) is 0 Å². The summed E-state index contributed by atoms with van der Waals surface area (Å²) in [5.74, 6) is 0.0452. The van der Waals surface area contributed by atoms with Gasteiger partial charge in [0.1, 0.15) is 11.5 Å². The zero-order valence-corrected chi connectivity index (χ0v) is 12.0. The molecule has 6 nitrogen and oxygen atoms in total. The maximum absolute atomic E-state index is 11.2. The van der Waals surface area contributed by atoms with Crippen LogP contribution in [0.2, 0.25) is 0 Å². The standard InChI is InChI=1S/C12H17NO5S/c1-12(2,3)9-6-5-8(7-10(9)14)18-11(15)13-19(4,16)17/h5-7,14H,1-4H3,(H,13,15). The number of rotatable bonds is 2. The first-order valence-corrected chi connectivity index (χ1v) is 7.41. The minimum atomic E-state index is -3.67. The molecule has 0 unspecified atom stereocenters. The number of phenols is 1. The van der Waals surface area contributed by atoms with E-state index in [0.29, 0.717) is 5.56 Å². The van der Waals surface area contributed by atoms with Gasteiger partial charge in [-0.2, -0.15) is 0 Å². The van der Waals surface area contributed by atoms with Crippen molar-refractivity contribution in [3.05, 3.63) is 23.8 Å². The van der Waals surface area contributed by atoms with Crippen molar-refractivity contribution in [2.75, 3.05) is 6.26 Å².